The molecule has 0 saturated carbocycles. The quantitative estimate of drug-likeness (QED) is 0.508. The second-order valence-corrected chi connectivity index (χ2v) is 6.46. The number of hydrogen-bond donors (Lipinski definition) is 0. The molecule has 1 rings (SSSR count). The zero-order valence-electron chi connectivity index (χ0n) is 13.0. The first kappa shape index (κ1) is 24.4. The molecule has 0 spiro atoms. The third-order valence-corrected chi connectivity index (χ3v) is 2.77. The number of carbonyl (C=O) groups excluding carboxylic acids is 2. The Morgan fingerprint density at radius 3 is 1.60 bits per heavy atom. The summed E-state index contributed by atoms with van der Waals surface area (Å²) >= 11 is 0. The fraction of sp³-hybridized carbons (Fsp3) is 0.733. The summed E-state index contributed by atoms with van der Waals surface area (Å²) in [5, 5.41) is 0. The second kappa shape index (κ2) is 8.63. The SMILES string of the molecule is C.CC(C)(C)N1CCC1=O.[CH2-]C(=O)N([CH2-])C(C)(C)C.[V+2]. The molecule has 5 heteroatoms. The number of hydrogen-bond acceptors (Lipinski definition) is 2. The molecule has 0 N–H and O–H groups in total. The Bertz CT molecular complexity index is 297. The molecular weight excluding hydrogens is 291 g/mol. The fourth-order valence-electron chi connectivity index (χ4n) is 1.40. The molecular formula is C15H30N2O2V. The van der Waals surface area contributed by atoms with E-state index in [1.807, 2.05) is 25.7 Å². The van der Waals surface area contributed by atoms with Crippen LogP contribution in [-0.4, -0.2) is 39.2 Å². The van der Waals surface area contributed by atoms with Crippen LogP contribution in [0, 0.1) is 14.0 Å². The summed E-state index contributed by atoms with van der Waals surface area (Å²) in [6.45, 7) is 16.1. The summed E-state index contributed by atoms with van der Waals surface area (Å²) in [5.74, 6) is 0.0463. The Labute approximate surface area is 137 Å². The molecule has 1 aliphatic heterocycles. The van der Waals surface area contributed by atoms with Gasteiger partial charge in [-0.3, -0.25) is 11.8 Å². The smallest absolute Gasteiger partial charge is 0.517 e. The number of rotatable bonds is 0. The van der Waals surface area contributed by atoms with Crippen LogP contribution in [0.15, 0.2) is 0 Å². The summed E-state index contributed by atoms with van der Waals surface area (Å²) in [5.41, 5.74) is -0.159. The molecule has 1 aliphatic rings. The first-order valence-electron chi connectivity index (χ1n) is 6.14. The molecule has 0 unspecified atom stereocenters. The van der Waals surface area contributed by atoms with Gasteiger partial charge in [0, 0.05) is 24.0 Å². The summed E-state index contributed by atoms with van der Waals surface area (Å²) in [6, 6.07) is 0. The molecule has 4 nitrogen and oxygen atoms in total. The van der Waals surface area contributed by atoms with Crippen LogP contribution in [-0.2, 0) is 28.1 Å². The van der Waals surface area contributed by atoms with Crippen molar-refractivity contribution in [2.45, 2.75) is 66.5 Å². The van der Waals surface area contributed by atoms with Gasteiger partial charge in [0.25, 0.3) is 0 Å². The number of β-lactam (4-membered cyclic amide) rings is 1. The maximum absolute atomic E-state index is 10.8. The van der Waals surface area contributed by atoms with Crippen molar-refractivity contribution in [1.29, 1.82) is 0 Å². The topological polar surface area (TPSA) is 40.6 Å². The van der Waals surface area contributed by atoms with E-state index in [2.05, 4.69) is 34.7 Å². The van der Waals surface area contributed by atoms with E-state index in [-0.39, 0.29) is 43.0 Å². The van der Waals surface area contributed by atoms with Crippen molar-refractivity contribution in [1.82, 2.24) is 9.80 Å². The largest absolute Gasteiger partial charge is 2.00 e. The standard InChI is InChI=1S/2C7H13NO.CH4.V/c1-7(2,3)8-5-4-6(8)9;1-6(9)8(5)7(2,3)4;;/h4-5H2,1-3H3;1,5H2,2-4H3;1H4;/q;-2;;+2. The van der Waals surface area contributed by atoms with Crippen LogP contribution in [0.5, 0.6) is 0 Å². The molecule has 2 amide bonds. The van der Waals surface area contributed by atoms with Crippen molar-refractivity contribution in [3.8, 4) is 0 Å². The average Bonchev–Trinajstić information content (AvgIpc) is 2.10. The number of nitrogens with zero attached hydrogens (tertiary/aromatic N) is 2. The van der Waals surface area contributed by atoms with Crippen LogP contribution < -0.4 is 0 Å². The Balaban J connectivity index is -0.000000263. The van der Waals surface area contributed by atoms with Crippen LogP contribution >= 0.6 is 0 Å². The van der Waals surface area contributed by atoms with Gasteiger partial charge in [-0.15, -0.1) is 0 Å². The molecule has 0 atom stereocenters. The van der Waals surface area contributed by atoms with Crippen LogP contribution in [0.4, 0.5) is 0 Å². The number of amides is 2. The van der Waals surface area contributed by atoms with E-state index in [1.54, 1.807) is 0 Å². The monoisotopic (exact) mass is 321 g/mol. The van der Waals surface area contributed by atoms with Gasteiger partial charge in [0.15, 0.2) is 0 Å². The Kier molecular flexibility index (Phi) is 10.5. The zero-order valence-corrected chi connectivity index (χ0v) is 14.4. The first-order valence-corrected chi connectivity index (χ1v) is 6.14. The van der Waals surface area contributed by atoms with E-state index in [1.165, 1.54) is 4.90 Å². The molecule has 1 fully saturated rings. The molecule has 20 heavy (non-hydrogen) atoms. The van der Waals surface area contributed by atoms with Crippen molar-refractivity contribution >= 4 is 11.8 Å². The predicted molar refractivity (Wildman–Crippen MR) is 80.1 cm³/mol. The van der Waals surface area contributed by atoms with Crippen molar-refractivity contribution in [2.24, 2.45) is 0 Å². The molecule has 0 aliphatic carbocycles. The van der Waals surface area contributed by atoms with Gasteiger partial charge in [-0.25, -0.2) is 0 Å². The van der Waals surface area contributed by atoms with Gasteiger partial charge >= 0.3 is 18.6 Å². The van der Waals surface area contributed by atoms with Gasteiger partial charge in [0.1, 0.15) is 0 Å². The molecule has 1 radical (unpaired) electrons. The maximum atomic E-state index is 10.8. The van der Waals surface area contributed by atoms with Crippen LogP contribution in [0.25, 0.3) is 0 Å². The minimum Gasteiger partial charge on any atom is -0.517 e. The molecule has 0 aromatic heterocycles. The average molecular weight is 321 g/mol. The van der Waals surface area contributed by atoms with Gasteiger partial charge < -0.3 is 21.5 Å². The maximum Gasteiger partial charge on any atom is 2.00 e. The normalized spacial score (nSPS) is 13.9. The van der Waals surface area contributed by atoms with Gasteiger partial charge in [-0.05, 0) is 41.5 Å². The summed E-state index contributed by atoms with van der Waals surface area (Å²) in [7, 11) is 3.53. The fourth-order valence-corrected chi connectivity index (χ4v) is 1.40. The second-order valence-electron chi connectivity index (χ2n) is 6.46. The number of likely N-dealkylation sites (tertiary alicyclic amines) is 1. The van der Waals surface area contributed by atoms with E-state index in [0.29, 0.717) is 5.91 Å². The van der Waals surface area contributed by atoms with Gasteiger partial charge in [-0.2, -0.15) is 0 Å². The van der Waals surface area contributed by atoms with Crippen molar-refractivity contribution in [2.75, 3.05) is 6.54 Å². The zero-order chi connectivity index (χ0) is 14.7. The van der Waals surface area contributed by atoms with Gasteiger partial charge in [0.05, 0.1) is 5.91 Å². The molecule has 0 aromatic rings. The third-order valence-electron chi connectivity index (χ3n) is 2.77. The Morgan fingerprint density at radius 1 is 1.20 bits per heavy atom. The first-order chi connectivity index (χ1) is 7.87. The van der Waals surface area contributed by atoms with E-state index in [9.17, 15) is 9.59 Å². The number of carbonyl (C=O) groups is 2. The van der Waals surface area contributed by atoms with Crippen LogP contribution in [0.1, 0.15) is 55.4 Å². The van der Waals surface area contributed by atoms with E-state index in [0.717, 1.165) is 13.0 Å². The Hall–Kier alpha value is -0.606. The van der Waals surface area contributed by atoms with Crippen molar-refractivity contribution in [3.63, 3.8) is 0 Å². The summed E-state index contributed by atoms with van der Waals surface area (Å²) in [4.78, 5) is 24.6. The molecule has 1 heterocycles. The molecule has 0 aromatic carbocycles. The van der Waals surface area contributed by atoms with E-state index >= 15 is 0 Å². The van der Waals surface area contributed by atoms with Crippen LogP contribution in [0.3, 0.4) is 0 Å². The third kappa shape index (κ3) is 7.86. The summed E-state index contributed by atoms with van der Waals surface area (Å²) < 4.78 is 0. The molecule has 117 valence electrons. The van der Waals surface area contributed by atoms with E-state index < -0.39 is 0 Å². The van der Waals surface area contributed by atoms with Crippen molar-refractivity contribution in [3.05, 3.63) is 14.0 Å². The Morgan fingerprint density at radius 2 is 1.60 bits per heavy atom. The van der Waals surface area contributed by atoms with Gasteiger partial charge in [-0.1, -0.05) is 7.43 Å². The molecule has 0 bridgehead atoms. The van der Waals surface area contributed by atoms with Gasteiger partial charge in [0.2, 0.25) is 5.91 Å². The summed E-state index contributed by atoms with van der Waals surface area (Å²) in [6.07, 6.45) is 0.747. The minimum absolute atomic E-state index is 0. The van der Waals surface area contributed by atoms with Crippen molar-refractivity contribution < 1.29 is 28.1 Å². The van der Waals surface area contributed by atoms with Crippen LogP contribution in [0.2, 0.25) is 0 Å². The minimum atomic E-state index is -0.248. The van der Waals surface area contributed by atoms with E-state index in [4.69, 9.17) is 0 Å². The molecule has 1 saturated heterocycles. The predicted octanol–water partition coefficient (Wildman–Crippen LogP) is 2.89.